The Morgan fingerprint density at radius 3 is 2.81 bits per heavy atom. The average molecular weight is 220 g/mol. The number of carboxylic acid groups (broad SMARTS) is 1. The van der Waals surface area contributed by atoms with E-state index in [1.54, 1.807) is 18.9 Å². The first-order valence-corrected chi connectivity index (χ1v) is 5.52. The van der Waals surface area contributed by atoms with Gasteiger partial charge in [0.25, 0.3) is 0 Å². The lowest BCUT2D eigenvalue weighted by Crippen LogP contribution is -2.36. The number of carboxylic acids is 1. The van der Waals surface area contributed by atoms with Crippen LogP contribution in [0.2, 0.25) is 0 Å². The van der Waals surface area contributed by atoms with Crippen molar-refractivity contribution in [3.8, 4) is 0 Å². The van der Waals surface area contributed by atoms with Gasteiger partial charge < -0.3 is 10.0 Å². The van der Waals surface area contributed by atoms with Crippen molar-refractivity contribution in [2.75, 3.05) is 11.9 Å². The van der Waals surface area contributed by atoms with Gasteiger partial charge in [-0.1, -0.05) is 6.07 Å². The lowest BCUT2D eigenvalue weighted by Gasteiger charge is -2.22. The van der Waals surface area contributed by atoms with Gasteiger partial charge in [0, 0.05) is 18.7 Å². The molecule has 0 bridgehead atoms. The quantitative estimate of drug-likeness (QED) is 0.841. The molecule has 86 valence electrons. The van der Waals surface area contributed by atoms with Gasteiger partial charge in [-0.3, -0.25) is 0 Å². The molecule has 1 fully saturated rings. The molecule has 1 aliphatic rings. The van der Waals surface area contributed by atoms with Gasteiger partial charge in [0.2, 0.25) is 0 Å². The molecule has 16 heavy (non-hydrogen) atoms. The van der Waals surface area contributed by atoms with Crippen LogP contribution in [0.5, 0.6) is 0 Å². The second kappa shape index (κ2) is 4.12. The fourth-order valence-corrected chi connectivity index (χ4v) is 1.61. The average Bonchev–Trinajstić information content (AvgIpc) is 3.11. The molecule has 1 aromatic rings. The number of hydrogen-bond acceptors (Lipinski definition) is 3. The van der Waals surface area contributed by atoms with Crippen LogP contribution in [0.3, 0.4) is 0 Å². The van der Waals surface area contributed by atoms with E-state index in [2.05, 4.69) is 4.98 Å². The molecule has 4 heteroatoms. The molecular weight excluding hydrogens is 204 g/mol. The summed E-state index contributed by atoms with van der Waals surface area (Å²) in [6.07, 6.45) is 2.41. The van der Waals surface area contributed by atoms with Crippen LogP contribution in [0.1, 0.15) is 31.4 Å². The first-order valence-electron chi connectivity index (χ1n) is 5.52. The maximum absolute atomic E-state index is 10.9. The Balaban J connectivity index is 2.18. The summed E-state index contributed by atoms with van der Waals surface area (Å²) in [6, 6.07) is 5.26. The summed E-state index contributed by atoms with van der Waals surface area (Å²) in [4.78, 5) is 17.1. The van der Waals surface area contributed by atoms with Gasteiger partial charge in [0.1, 0.15) is 11.9 Å². The number of likely N-dealkylation sites (N-methyl/N-ethyl adjacent to an activating group) is 1. The molecule has 2 rings (SSSR count). The van der Waals surface area contributed by atoms with E-state index in [1.165, 1.54) is 12.8 Å². The van der Waals surface area contributed by atoms with Gasteiger partial charge >= 0.3 is 5.97 Å². The van der Waals surface area contributed by atoms with Crippen LogP contribution in [0.15, 0.2) is 18.2 Å². The predicted octanol–water partition coefficient (Wildman–Crippen LogP) is 1.87. The van der Waals surface area contributed by atoms with Crippen LogP contribution < -0.4 is 4.90 Å². The zero-order valence-corrected chi connectivity index (χ0v) is 9.55. The molecule has 0 saturated heterocycles. The molecule has 1 saturated carbocycles. The lowest BCUT2D eigenvalue weighted by molar-refractivity contribution is -0.138. The highest BCUT2D eigenvalue weighted by Gasteiger charge is 2.26. The summed E-state index contributed by atoms with van der Waals surface area (Å²) < 4.78 is 0. The monoisotopic (exact) mass is 220 g/mol. The Kier molecular flexibility index (Phi) is 2.81. The molecule has 1 atom stereocenters. The highest BCUT2D eigenvalue weighted by molar-refractivity contribution is 5.76. The fourth-order valence-electron chi connectivity index (χ4n) is 1.61. The molecule has 1 unspecified atom stereocenters. The minimum absolute atomic E-state index is 0.554. The van der Waals surface area contributed by atoms with Crippen LogP contribution >= 0.6 is 0 Å². The van der Waals surface area contributed by atoms with Crippen molar-refractivity contribution in [3.63, 3.8) is 0 Å². The predicted molar refractivity (Wildman–Crippen MR) is 61.7 cm³/mol. The van der Waals surface area contributed by atoms with Crippen molar-refractivity contribution in [1.29, 1.82) is 0 Å². The van der Waals surface area contributed by atoms with E-state index in [1.807, 2.05) is 18.2 Å². The second-order valence-electron chi connectivity index (χ2n) is 4.32. The summed E-state index contributed by atoms with van der Waals surface area (Å²) in [7, 11) is 1.76. The molecule has 0 aliphatic heterocycles. The largest absolute Gasteiger partial charge is 0.480 e. The Morgan fingerprint density at radius 1 is 1.56 bits per heavy atom. The lowest BCUT2D eigenvalue weighted by atomic mass is 10.2. The van der Waals surface area contributed by atoms with Crippen molar-refractivity contribution < 1.29 is 9.90 Å². The number of nitrogens with zero attached hydrogens (tertiary/aromatic N) is 2. The molecule has 0 spiro atoms. The van der Waals surface area contributed by atoms with Crippen molar-refractivity contribution in [2.45, 2.75) is 31.7 Å². The van der Waals surface area contributed by atoms with E-state index in [0.29, 0.717) is 5.92 Å². The minimum Gasteiger partial charge on any atom is -0.480 e. The number of hydrogen-bond donors (Lipinski definition) is 1. The van der Waals surface area contributed by atoms with Crippen molar-refractivity contribution in [1.82, 2.24) is 4.98 Å². The minimum atomic E-state index is -0.832. The number of pyridine rings is 1. The summed E-state index contributed by atoms with van der Waals surface area (Å²) in [5, 5.41) is 8.94. The summed E-state index contributed by atoms with van der Waals surface area (Å²) >= 11 is 0. The fraction of sp³-hybridized carbons (Fsp3) is 0.500. The van der Waals surface area contributed by atoms with Gasteiger partial charge in [0.05, 0.1) is 0 Å². The number of aliphatic carboxylic acids is 1. The van der Waals surface area contributed by atoms with Crippen LogP contribution in [0, 0.1) is 0 Å². The molecule has 0 aromatic carbocycles. The zero-order chi connectivity index (χ0) is 11.7. The van der Waals surface area contributed by atoms with Crippen LogP contribution in [0.4, 0.5) is 5.82 Å². The van der Waals surface area contributed by atoms with E-state index in [-0.39, 0.29) is 0 Å². The summed E-state index contributed by atoms with van der Waals surface area (Å²) in [6.45, 7) is 1.66. The number of rotatable bonds is 4. The van der Waals surface area contributed by atoms with Gasteiger partial charge in [-0.05, 0) is 31.9 Å². The van der Waals surface area contributed by atoms with Gasteiger partial charge in [0.15, 0.2) is 0 Å². The SMILES string of the molecule is CC(C(=O)O)N(C)c1cccc(C2CC2)n1. The summed E-state index contributed by atoms with van der Waals surface area (Å²) in [5.41, 5.74) is 1.09. The van der Waals surface area contributed by atoms with Crippen LogP contribution in [-0.4, -0.2) is 29.1 Å². The summed E-state index contributed by atoms with van der Waals surface area (Å²) in [5.74, 6) is 0.494. The molecule has 1 N–H and O–H groups in total. The van der Waals surface area contributed by atoms with E-state index in [4.69, 9.17) is 5.11 Å². The first kappa shape index (κ1) is 10.9. The Bertz CT molecular complexity index is 402. The highest BCUT2D eigenvalue weighted by atomic mass is 16.4. The maximum atomic E-state index is 10.9. The van der Waals surface area contributed by atoms with Gasteiger partial charge in [-0.25, -0.2) is 9.78 Å². The normalized spacial score (nSPS) is 16.9. The standard InChI is InChI=1S/C12H16N2O2/c1-8(12(15)16)14(2)11-5-3-4-10(13-11)9-6-7-9/h3-5,8-9H,6-7H2,1-2H3,(H,15,16). The van der Waals surface area contributed by atoms with E-state index in [9.17, 15) is 4.79 Å². The van der Waals surface area contributed by atoms with Gasteiger partial charge in [-0.15, -0.1) is 0 Å². The Labute approximate surface area is 94.9 Å². The molecule has 0 radical (unpaired) electrons. The van der Waals surface area contributed by atoms with E-state index >= 15 is 0 Å². The van der Waals surface area contributed by atoms with E-state index < -0.39 is 12.0 Å². The first-order chi connectivity index (χ1) is 7.59. The topological polar surface area (TPSA) is 53.4 Å². The molecule has 4 nitrogen and oxygen atoms in total. The highest BCUT2D eigenvalue weighted by Crippen LogP contribution is 2.39. The third kappa shape index (κ3) is 2.15. The number of aromatic nitrogens is 1. The third-order valence-electron chi connectivity index (χ3n) is 3.05. The third-order valence-corrected chi connectivity index (χ3v) is 3.05. The Morgan fingerprint density at radius 2 is 2.25 bits per heavy atom. The molecule has 1 heterocycles. The van der Waals surface area contributed by atoms with Crippen molar-refractivity contribution in [3.05, 3.63) is 23.9 Å². The van der Waals surface area contributed by atoms with Crippen LogP contribution in [0.25, 0.3) is 0 Å². The zero-order valence-electron chi connectivity index (χ0n) is 9.55. The van der Waals surface area contributed by atoms with Crippen molar-refractivity contribution >= 4 is 11.8 Å². The molecule has 1 aliphatic carbocycles. The van der Waals surface area contributed by atoms with Gasteiger partial charge in [-0.2, -0.15) is 0 Å². The molecule has 1 aromatic heterocycles. The number of anilines is 1. The van der Waals surface area contributed by atoms with Crippen molar-refractivity contribution in [2.24, 2.45) is 0 Å². The van der Waals surface area contributed by atoms with E-state index in [0.717, 1.165) is 11.5 Å². The maximum Gasteiger partial charge on any atom is 0.326 e. The smallest absolute Gasteiger partial charge is 0.326 e. The number of carbonyl (C=O) groups is 1. The second-order valence-corrected chi connectivity index (χ2v) is 4.32. The molecule has 0 amide bonds. The molecular formula is C12H16N2O2. The van der Waals surface area contributed by atoms with Crippen LogP contribution in [-0.2, 0) is 4.79 Å². The Hall–Kier alpha value is -1.58.